The zero-order chi connectivity index (χ0) is 21.3. The van der Waals surface area contributed by atoms with E-state index in [0.29, 0.717) is 0 Å². The minimum Gasteiger partial charge on any atom is -0.255 e. The van der Waals surface area contributed by atoms with Gasteiger partial charge >= 0.3 is 0 Å². The second kappa shape index (κ2) is 7.75. The van der Waals surface area contributed by atoms with Gasteiger partial charge in [0.25, 0.3) is 0 Å². The normalized spacial score (nSPS) is 11.1. The molecule has 6 aromatic rings. The molecule has 0 atom stereocenters. The van der Waals surface area contributed by atoms with E-state index in [1.807, 2.05) is 30.6 Å². The molecule has 0 saturated heterocycles. The quantitative estimate of drug-likeness (QED) is 0.299. The first-order valence-electron chi connectivity index (χ1n) is 10.8. The minimum absolute atomic E-state index is 0.873. The van der Waals surface area contributed by atoms with E-state index < -0.39 is 0 Å². The van der Waals surface area contributed by atoms with Crippen LogP contribution in [-0.2, 0) is 0 Å². The Bertz CT molecular complexity index is 1560. The molecule has 0 N–H and O–H groups in total. The predicted octanol–water partition coefficient (Wildman–Crippen LogP) is 7.78. The van der Waals surface area contributed by atoms with Gasteiger partial charge < -0.3 is 0 Å². The molecule has 0 aliphatic heterocycles. The Kier molecular flexibility index (Phi) is 4.47. The largest absolute Gasteiger partial charge is 0.255 e. The third-order valence-electron chi connectivity index (χ3n) is 6.00. The summed E-state index contributed by atoms with van der Waals surface area (Å²) in [5.74, 6) is 0. The number of nitrogens with zero attached hydrogens (tertiary/aromatic N) is 2. The Morgan fingerprint density at radius 3 is 1.75 bits per heavy atom. The number of pyridine rings is 2. The van der Waals surface area contributed by atoms with Crippen LogP contribution < -0.4 is 0 Å². The van der Waals surface area contributed by atoms with Crippen molar-refractivity contribution < 1.29 is 0 Å². The molecule has 0 unspecified atom stereocenters. The van der Waals surface area contributed by atoms with Crippen molar-refractivity contribution in [2.24, 2.45) is 0 Å². The van der Waals surface area contributed by atoms with Gasteiger partial charge in [0.05, 0.1) is 11.4 Å². The molecular weight excluding hydrogens is 388 g/mol. The van der Waals surface area contributed by atoms with Crippen LogP contribution in [0, 0.1) is 0 Å². The summed E-state index contributed by atoms with van der Waals surface area (Å²) in [5, 5.41) is 4.88. The molecule has 2 heterocycles. The fourth-order valence-corrected chi connectivity index (χ4v) is 4.56. The second-order valence-corrected chi connectivity index (χ2v) is 7.85. The van der Waals surface area contributed by atoms with Crippen LogP contribution >= 0.6 is 0 Å². The molecule has 2 heteroatoms. The lowest BCUT2D eigenvalue weighted by Gasteiger charge is -2.17. The standard InChI is InChI=1S/C30H20N2/c1-3-13-23-21(9-1)11-7-15-25(23)27-18-20-32-30(28-17-5-6-19-31-28)29(27)26-16-8-12-22-10-2-4-14-24(22)26/h1-20H. The van der Waals surface area contributed by atoms with E-state index in [9.17, 15) is 0 Å². The van der Waals surface area contributed by atoms with Crippen LogP contribution in [0.4, 0.5) is 0 Å². The summed E-state index contributed by atoms with van der Waals surface area (Å²) >= 11 is 0. The topological polar surface area (TPSA) is 25.8 Å². The maximum Gasteiger partial charge on any atom is 0.0970 e. The van der Waals surface area contributed by atoms with Gasteiger partial charge in [-0.1, -0.05) is 91.0 Å². The molecule has 2 aromatic heterocycles. The van der Waals surface area contributed by atoms with Gasteiger partial charge in [0, 0.05) is 18.0 Å². The lowest BCUT2D eigenvalue weighted by atomic mass is 9.88. The van der Waals surface area contributed by atoms with E-state index in [-0.39, 0.29) is 0 Å². The zero-order valence-corrected chi connectivity index (χ0v) is 17.4. The number of hydrogen-bond acceptors (Lipinski definition) is 2. The Hall–Kier alpha value is -4.30. The maximum absolute atomic E-state index is 4.84. The highest BCUT2D eigenvalue weighted by molar-refractivity contribution is 6.07. The molecule has 0 fully saturated rings. The van der Waals surface area contributed by atoms with E-state index in [0.717, 1.165) is 22.5 Å². The smallest absolute Gasteiger partial charge is 0.0970 e. The zero-order valence-electron chi connectivity index (χ0n) is 17.4. The molecule has 0 aliphatic rings. The first-order valence-corrected chi connectivity index (χ1v) is 10.8. The summed E-state index contributed by atoms with van der Waals surface area (Å²) in [6.07, 6.45) is 3.73. The summed E-state index contributed by atoms with van der Waals surface area (Å²) in [6.45, 7) is 0. The fourth-order valence-electron chi connectivity index (χ4n) is 4.56. The van der Waals surface area contributed by atoms with Gasteiger partial charge in [-0.3, -0.25) is 9.97 Å². The van der Waals surface area contributed by atoms with E-state index in [1.165, 1.54) is 32.7 Å². The SMILES string of the molecule is c1ccc(-c2nccc(-c3cccc4ccccc34)c2-c2cccc3ccccc23)nc1. The van der Waals surface area contributed by atoms with Gasteiger partial charge in [0.2, 0.25) is 0 Å². The van der Waals surface area contributed by atoms with Crippen molar-refractivity contribution in [2.75, 3.05) is 0 Å². The summed E-state index contributed by atoms with van der Waals surface area (Å²) < 4.78 is 0. The highest BCUT2D eigenvalue weighted by Gasteiger charge is 2.19. The van der Waals surface area contributed by atoms with Gasteiger partial charge in [0.1, 0.15) is 0 Å². The first-order chi connectivity index (χ1) is 15.9. The van der Waals surface area contributed by atoms with Crippen LogP contribution in [0.1, 0.15) is 0 Å². The molecule has 0 saturated carbocycles. The molecule has 150 valence electrons. The van der Waals surface area contributed by atoms with Crippen LogP contribution in [0.25, 0.3) is 55.2 Å². The number of hydrogen-bond donors (Lipinski definition) is 0. The van der Waals surface area contributed by atoms with E-state index in [1.54, 1.807) is 0 Å². The van der Waals surface area contributed by atoms with Gasteiger partial charge in [0.15, 0.2) is 0 Å². The number of aromatic nitrogens is 2. The van der Waals surface area contributed by atoms with Crippen molar-refractivity contribution >= 4 is 21.5 Å². The summed E-state index contributed by atoms with van der Waals surface area (Å²) in [6, 6.07) is 38.2. The van der Waals surface area contributed by atoms with Crippen molar-refractivity contribution in [3.05, 3.63) is 122 Å². The fraction of sp³-hybridized carbons (Fsp3) is 0. The van der Waals surface area contributed by atoms with Crippen LogP contribution in [-0.4, -0.2) is 9.97 Å². The van der Waals surface area contributed by atoms with Crippen molar-refractivity contribution in [2.45, 2.75) is 0 Å². The van der Waals surface area contributed by atoms with Crippen LogP contribution in [0.5, 0.6) is 0 Å². The summed E-state index contributed by atoms with van der Waals surface area (Å²) in [7, 11) is 0. The molecule has 0 aliphatic carbocycles. The third kappa shape index (κ3) is 3.05. The average molecular weight is 409 g/mol. The van der Waals surface area contributed by atoms with Gasteiger partial charge in [-0.15, -0.1) is 0 Å². The molecule has 2 nitrogen and oxygen atoms in total. The minimum atomic E-state index is 0.873. The predicted molar refractivity (Wildman–Crippen MR) is 133 cm³/mol. The third-order valence-corrected chi connectivity index (χ3v) is 6.00. The Labute approximate surface area is 186 Å². The molecule has 0 bridgehead atoms. The molecule has 0 radical (unpaired) electrons. The summed E-state index contributed by atoms with van der Waals surface area (Å²) in [4.78, 5) is 9.49. The van der Waals surface area contributed by atoms with Crippen molar-refractivity contribution in [1.82, 2.24) is 9.97 Å². The van der Waals surface area contributed by atoms with Crippen LogP contribution in [0.3, 0.4) is 0 Å². The van der Waals surface area contributed by atoms with Crippen LogP contribution in [0.2, 0.25) is 0 Å². The number of benzene rings is 4. The van der Waals surface area contributed by atoms with E-state index in [4.69, 9.17) is 4.98 Å². The van der Waals surface area contributed by atoms with Crippen LogP contribution in [0.15, 0.2) is 122 Å². The Morgan fingerprint density at radius 2 is 1.03 bits per heavy atom. The lowest BCUT2D eigenvalue weighted by molar-refractivity contribution is 1.25. The maximum atomic E-state index is 4.84. The van der Waals surface area contributed by atoms with Crippen molar-refractivity contribution in [3.63, 3.8) is 0 Å². The van der Waals surface area contributed by atoms with Gasteiger partial charge in [-0.2, -0.15) is 0 Å². The molecule has 6 rings (SSSR count). The Morgan fingerprint density at radius 1 is 0.406 bits per heavy atom. The molecule has 0 amide bonds. The van der Waals surface area contributed by atoms with Crippen molar-refractivity contribution in [3.8, 4) is 33.6 Å². The lowest BCUT2D eigenvalue weighted by Crippen LogP contribution is -1.96. The average Bonchev–Trinajstić information content (AvgIpc) is 2.88. The number of fused-ring (bicyclic) bond motifs is 2. The molecule has 32 heavy (non-hydrogen) atoms. The summed E-state index contributed by atoms with van der Waals surface area (Å²) in [5.41, 5.74) is 6.41. The molecular formula is C30H20N2. The van der Waals surface area contributed by atoms with E-state index >= 15 is 0 Å². The van der Waals surface area contributed by atoms with Gasteiger partial charge in [-0.25, -0.2) is 0 Å². The highest BCUT2D eigenvalue weighted by Crippen LogP contribution is 2.42. The first kappa shape index (κ1) is 18.5. The molecule has 4 aromatic carbocycles. The van der Waals surface area contributed by atoms with E-state index in [2.05, 4.69) is 96.0 Å². The Balaban J connectivity index is 1.75. The van der Waals surface area contributed by atoms with Gasteiger partial charge in [-0.05, 0) is 56.4 Å². The monoisotopic (exact) mass is 408 g/mol. The highest BCUT2D eigenvalue weighted by atomic mass is 14.8. The second-order valence-electron chi connectivity index (χ2n) is 7.85. The van der Waals surface area contributed by atoms with Crippen molar-refractivity contribution in [1.29, 1.82) is 0 Å². The molecule has 0 spiro atoms. The number of rotatable bonds is 3.